The zero-order valence-corrected chi connectivity index (χ0v) is 12.5. The van der Waals surface area contributed by atoms with E-state index < -0.39 is 0 Å². The van der Waals surface area contributed by atoms with Gasteiger partial charge in [0.15, 0.2) is 5.76 Å². The number of hydrogen-bond donors (Lipinski definition) is 1. The van der Waals surface area contributed by atoms with Crippen LogP contribution in [0.15, 0.2) is 41.0 Å². The van der Waals surface area contributed by atoms with E-state index in [2.05, 4.69) is 5.32 Å². The molecule has 1 amide bonds. The summed E-state index contributed by atoms with van der Waals surface area (Å²) in [4.78, 5) is 12.0. The Labute approximate surface area is 129 Å². The topological polar surface area (TPSA) is 60.7 Å². The van der Waals surface area contributed by atoms with Crippen LogP contribution in [0.4, 0.5) is 5.69 Å². The molecule has 3 rings (SSSR count). The maximum absolute atomic E-state index is 12.0. The summed E-state index contributed by atoms with van der Waals surface area (Å²) >= 11 is 0. The highest BCUT2D eigenvalue weighted by Gasteiger charge is 2.16. The Kier molecular flexibility index (Phi) is 4.44. The summed E-state index contributed by atoms with van der Waals surface area (Å²) in [6.07, 6.45) is 3.86. The molecule has 1 unspecified atom stereocenters. The van der Waals surface area contributed by atoms with E-state index in [0.717, 1.165) is 30.8 Å². The largest absolute Gasteiger partial charge is 0.491 e. The van der Waals surface area contributed by atoms with Crippen LogP contribution in [0.25, 0.3) is 0 Å². The Bertz CT molecular complexity index is 626. The van der Waals surface area contributed by atoms with Gasteiger partial charge in [-0.3, -0.25) is 4.79 Å². The lowest BCUT2D eigenvalue weighted by molar-refractivity contribution is 0.0679. The molecule has 1 N–H and O–H groups in total. The number of anilines is 1. The van der Waals surface area contributed by atoms with Gasteiger partial charge in [-0.1, -0.05) is 0 Å². The Hall–Kier alpha value is -2.27. The van der Waals surface area contributed by atoms with Crippen molar-refractivity contribution in [1.82, 2.24) is 0 Å². The maximum Gasteiger partial charge on any atom is 0.291 e. The van der Waals surface area contributed by atoms with Gasteiger partial charge in [-0.05, 0) is 50.1 Å². The van der Waals surface area contributed by atoms with Crippen LogP contribution < -0.4 is 10.1 Å². The highest BCUT2D eigenvalue weighted by Crippen LogP contribution is 2.19. The molecule has 2 aromatic rings. The van der Waals surface area contributed by atoms with Crippen molar-refractivity contribution in [1.29, 1.82) is 0 Å². The Morgan fingerprint density at radius 3 is 2.77 bits per heavy atom. The third-order valence-electron chi connectivity index (χ3n) is 3.64. The number of ether oxygens (including phenoxy) is 2. The first kappa shape index (κ1) is 14.7. The summed E-state index contributed by atoms with van der Waals surface area (Å²) in [7, 11) is 0. The number of hydrogen-bond acceptors (Lipinski definition) is 4. The zero-order valence-electron chi connectivity index (χ0n) is 12.5. The lowest BCUT2D eigenvalue weighted by Gasteiger charge is -2.12. The minimum absolute atomic E-state index is 0.196. The third-order valence-corrected chi connectivity index (χ3v) is 3.64. The monoisotopic (exact) mass is 301 g/mol. The lowest BCUT2D eigenvalue weighted by atomic mass is 10.2. The number of nitrogens with one attached hydrogen (secondary N) is 1. The molecule has 22 heavy (non-hydrogen) atoms. The minimum Gasteiger partial charge on any atom is -0.491 e. The van der Waals surface area contributed by atoms with Crippen LogP contribution in [-0.2, 0) is 4.74 Å². The quantitative estimate of drug-likeness (QED) is 0.919. The van der Waals surface area contributed by atoms with Gasteiger partial charge >= 0.3 is 0 Å². The van der Waals surface area contributed by atoms with Crippen molar-refractivity contribution in [2.24, 2.45) is 0 Å². The van der Waals surface area contributed by atoms with Gasteiger partial charge in [0, 0.05) is 17.9 Å². The normalized spacial score (nSPS) is 17.4. The molecule has 0 spiro atoms. The molecule has 1 aliphatic rings. The van der Waals surface area contributed by atoms with E-state index in [1.807, 2.05) is 19.1 Å². The molecule has 5 heteroatoms. The van der Waals surface area contributed by atoms with Gasteiger partial charge in [0.05, 0.1) is 12.4 Å². The predicted molar refractivity (Wildman–Crippen MR) is 82.3 cm³/mol. The van der Waals surface area contributed by atoms with Crippen molar-refractivity contribution in [2.45, 2.75) is 25.9 Å². The first-order valence-electron chi connectivity index (χ1n) is 7.42. The van der Waals surface area contributed by atoms with Crippen LogP contribution in [0.1, 0.15) is 29.0 Å². The van der Waals surface area contributed by atoms with Crippen molar-refractivity contribution in [3.63, 3.8) is 0 Å². The molecule has 1 aliphatic heterocycles. The summed E-state index contributed by atoms with van der Waals surface area (Å²) in [6.45, 7) is 3.23. The third kappa shape index (κ3) is 3.49. The van der Waals surface area contributed by atoms with Crippen LogP contribution in [0.3, 0.4) is 0 Å². The first-order chi connectivity index (χ1) is 10.7. The van der Waals surface area contributed by atoms with Crippen LogP contribution in [0.2, 0.25) is 0 Å². The van der Waals surface area contributed by atoms with E-state index >= 15 is 0 Å². The lowest BCUT2D eigenvalue weighted by Crippen LogP contribution is -2.16. The van der Waals surface area contributed by atoms with E-state index in [-0.39, 0.29) is 12.0 Å². The molecule has 0 saturated carbocycles. The van der Waals surface area contributed by atoms with E-state index in [1.54, 1.807) is 18.2 Å². The highest BCUT2D eigenvalue weighted by atomic mass is 16.5. The number of furan rings is 1. The second-order valence-electron chi connectivity index (χ2n) is 5.36. The van der Waals surface area contributed by atoms with E-state index in [4.69, 9.17) is 13.9 Å². The smallest absolute Gasteiger partial charge is 0.291 e. The molecule has 5 nitrogen and oxygen atoms in total. The molecule has 1 atom stereocenters. The van der Waals surface area contributed by atoms with Crippen molar-refractivity contribution in [3.8, 4) is 5.75 Å². The molecular formula is C17H19NO4. The maximum atomic E-state index is 12.0. The molecule has 0 aliphatic carbocycles. The Morgan fingerprint density at radius 2 is 2.14 bits per heavy atom. The van der Waals surface area contributed by atoms with Crippen LogP contribution >= 0.6 is 0 Å². The standard InChI is InChI=1S/C17H19NO4/c1-12-8-10-21-16(12)17(19)18-13-4-6-14(7-5-13)22-11-15-3-2-9-20-15/h4-8,10,15H,2-3,9,11H2,1H3,(H,18,19). The molecule has 1 aromatic heterocycles. The van der Waals surface area contributed by atoms with Gasteiger partial charge in [-0.2, -0.15) is 0 Å². The predicted octanol–water partition coefficient (Wildman–Crippen LogP) is 3.40. The Morgan fingerprint density at radius 1 is 1.32 bits per heavy atom. The fourth-order valence-corrected chi connectivity index (χ4v) is 2.39. The molecule has 1 fully saturated rings. The molecular weight excluding hydrogens is 282 g/mol. The second-order valence-corrected chi connectivity index (χ2v) is 5.36. The fourth-order valence-electron chi connectivity index (χ4n) is 2.39. The molecule has 0 radical (unpaired) electrons. The molecule has 116 valence electrons. The number of benzene rings is 1. The number of rotatable bonds is 5. The van der Waals surface area contributed by atoms with Crippen molar-refractivity contribution >= 4 is 11.6 Å². The zero-order chi connectivity index (χ0) is 15.4. The van der Waals surface area contributed by atoms with E-state index in [0.29, 0.717) is 18.1 Å². The molecule has 0 bridgehead atoms. The van der Waals surface area contributed by atoms with Gasteiger partial charge in [-0.15, -0.1) is 0 Å². The summed E-state index contributed by atoms with van der Waals surface area (Å²) in [5, 5.41) is 2.80. The Balaban J connectivity index is 1.54. The van der Waals surface area contributed by atoms with Gasteiger partial charge < -0.3 is 19.2 Å². The molecule has 2 heterocycles. The highest BCUT2D eigenvalue weighted by molar-refractivity contribution is 6.03. The average molecular weight is 301 g/mol. The van der Waals surface area contributed by atoms with Gasteiger partial charge in [0.2, 0.25) is 0 Å². The summed E-state index contributed by atoms with van der Waals surface area (Å²) in [5.41, 5.74) is 1.51. The summed E-state index contributed by atoms with van der Waals surface area (Å²) < 4.78 is 16.4. The average Bonchev–Trinajstić information content (AvgIpc) is 3.18. The van der Waals surface area contributed by atoms with Crippen molar-refractivity contribution < 1.29 is 18.7 Å². The number of amides is 1. The first-order valence-corrected chi connectivity index (χ1v) is 7.42. The van der Waals surface area contributed by atoms with Crippen molar-refractivity contribution in [2.75, 3.05) is 18.5 Å². The van der Waals surface area contributed by atoms with Crippen LogP contribution in [0, 0.1) is 6.92 Å². The van der Waals surface area contributed by atoms with Gasteiger partial charge in [-0.25, -0.2) is 0 Å². The van der Waals surface area contributed by atoms with Crippen molar-refractivity contribution in [3.05, 3.63) is 47.9 Å². The van der Waals surface area contributed by atoms with E-state index in [1.165, 1.54) is 6.26 Å². The second kappa shape index (κ2) is 6.66. The van der Waals surface area contributed by atoms with Gasteiger partial charge in [0.25, 0.3) is 5.91 Å². The van der Waals surface area contributed by atoms with E-state index in [9.17, 15) is 4.79 Å². The number of carbonyl (C=O) groups excluding carboxylic acids is 1. The molecule has 1 aromatic carbocycles. The van der Waals surface area contributed by atoms with Gasteiger partial charge in [0.1, 0.15) is 12.4 Å². The number of aryl methyl sites for hydroxylation is 1. The number of carbonyl (C=O) groups is 1. The molecule has 1 saturated heterocycles. The minimum atomic E-state index is -0.254. The van der Waals surface area contributed by atoms with Crippen LogP contribution in [-0.4, -0.2) is 25.2 Å². The van der Waals surface area contributed by atoms with Crippen LogP contribution in [0.5, 0.6) is 5.75 Å². The summed E-state index contributed by atoms with van der Waals surface area (Å²) in [6, 6.07) is 9.04. The summed E-state index contributed by atoms with van der Waals surface area (Å²) in [5.74, 6) is 0.844. The SMILES string of the molecule is Cc1ccoc1C(=O)Nc1ccc(OCC2CCCO2)cc1. The fraction of sp³-hybridized carbons (Fsp3) is 0.353.